The zero-order chi connectivity index (χ0) is 13.3. The van der Waals surface area contributed by atoms with Crippen molar-refractivity contribution in [2.45, 2.75) is 40.5 Å². The fourth-order valence-electron chi connectivity index (χ4n) is 1.52. The van der Waals surface area contributed by atoms with Gasteiger partial charge in [0.05, 0.1) is 0 Å². The van der Waals surface area contributed by atoms with Crippen LogP contribution in [0.3, 0.4) is 0 Å². The van der Waals surface area contributed by atoms with Gasteiger partial charge in [0.1, 0.15) is 0 Å². The van der Waals surface area contributed by atoms with E-state index in [-0.39, 0.29) is 5.91 Å². The van der Waals surface area contributed by atoms with E-state index in [2.05, 4.69) is 24.0 Å². The molecule has 0 unspecified atom stereocenters. The third-order valence-electron chi connectivity index (χ3n) is 2.14. The lowest BCUT2D eigenvalue weighted by Crippen LogP contribution is -2.16. The Labute approximate surface area is 105 Å². The molecule has 0 aromatic heterocycles. The summed E-state index contributed by atoms with van der Waals surface area (Å²) in [4.78, 5) is 11.4. The number of allylic oxidation sites excluding steroid dienone is 4. The van der Waals surface area contributed by atoms with Crippen molar-refractivity contribution in [1.29, 1.82) is 0 Å². The molecule has 0 radical (unpaired) electrons. The first-order valence-electron chi connectivity index (χ1n) is 6.36. The number of carbonyl (C=O) groups is 1. The van der Waals surface area contributed by atoms with Gasteiger partial charge in [-0.2, -0.15) is 0 Å². The van der Waals surface area contributed by atoms with Gasteiger partial charge in [0.2, 0.25) is 0 Å². The Morgan fingerprint density at radius 1 is 1.18 bits per heavy atom. The van der Waals surface area contributed by atoms with Crippen LogP contribution >= 0.6 is 0 Å². The number of carbonyl (C=O) groups excluding carboxylic acids is 1. The van der Waals surface area contributed by atoms with E-state index in [4.69, 9.17) is 0 Å². The van der Waals surface area contributed by atoms with Crippen molar-refractivity contribution in [2.24, 2.45) is 0 Å². The van der Waals surface area contributed by atoms with Gasteiger partial charge in [-0.05, 0) is 24.5 Å². The summed E-state index contributed by atoms with van der Waals surface area (Å²) in [7, 11) is 0. The highest BCUT2D eigenvalue weighted by Gasteiger charge is 2.19. The lowest BCUT2D eigenvalue weighted by atomic mass is 10.00. The standard InChI is InChI=1S/C11H11NO.2C2H6/c1-8-7-10(11(13)12-8)9-5-3-2-4-6-9;2*1-2/h3,5-7H,1-2,4H2,(H,12,13);2*1-2H3. The number of amides is 1. The van der Waals surface area contributed by atoms with Crippen LogP contribution in [-0.4, -0.2) is 5.91 Å². The van der Waals surface area contributed by atoms with Crippen molar-refractivity contribution in [3.8, 4) is 0 Å². The maximum Gasteiger partial charge on any atom is 0.256 e. The molecule has 0 bridgehead atoms. The second-order valence-electron chi connectivity index (χ2n) is 3.18. The van der Waals surface area contributed by atoms with E-state index >= 15 is 0 Å². The summed E-state index contributed by atoms with van der Waals surface area (Å²) in [6, 6.07) is 0. The van der Waals surface area contributed by atoms with Crippen LogP contribution in [0, 0.1) is 0 Å². The van der Waals surface area contributed by atoms with Gasteiger partial charge in [0, 0.05) is 11.3 Å². The van der Waals surface area contributed by atoms with Gasteiger partial charge in [-0.3, -0.25) is 4.79 Å². The van der Waals surface area contributed by atoms with Crippen molar-refractivity contribution in [3.05, 3.63) is 47.7 Å². The highest BCUT2D eigenvalue weighted by molar-refractivity contribution is 6.03. The van der Waals surface area contributed by atoms with Crippen LogP contribution in [-0.2, 0) is 4.79 Å². The molecule has 0 spiro atoms. The number of hydrogen-bond donors (Lipinski definition) is 1. The molecule has 94 valence electrons. The Morgan fingerprint density at radius 2 is 1.82 bits per heavy atom. The third-order valence-corrected chi connectivity index (χ3v) is 2.14. The summed E-state index contributed by atoms with van der Waals surface area (Å²) >= 11 is 0. The van der Waals surface area contributed by atoms with E-state index in [1.54, 1.807) is 6.08 Å². The van der Waals surface area contributed by atoms with Gasteiger partial charge >= 0.3 is 0 Å². The second kappa shape index (κ2) is 8.57. The Bertz CT molecular complexity index is 359. The second-order valence-corrected chi connectivity index (χ2v) is 3.18. The van der Waals surface area contributed by atoms with Crippen molar-refractivity contribution in [3.63, 3.8) is 0 Å². The Hall–Kier alpha value is -1.57. The van der Waals surface area contributed by atoms with Gasteiger partial charge < -0.3 is 5.32 Å². The maximum absolute atomic E-state index is 11.4. The minimum Gasteiger partial charge on any atom is -0.323 e. The minimum atomic E-state index is -0.0391. The summed E-state index contributed by atoms with van der Waals surface area (Å²) in [5.41, 5.74) is 2.43. The van der Waals surface area contributed by atoms with Crippen molar-refractivity contribution in [1.82, 2.24) is 5.32 Å². The van der Waals surface area contributed by atoms with Gasteiger partial charge in [0.25, 0.3) is 5.91 Å². The topological polar surface area (TPSA) is 29.1 Å². The predicted molar refractivity (Wildman–Crippen MR) is 74.5 cm³/mol. The van der Waals surface area contributed by atoms with E-state index in [0.29, 0.717) is 5.70 Å². The molecule has 0 saturated heterocycles. The molecule has 0 aromatic carbocycles. The minimum absolute atomic E-state index is 0.0391. The molecule has 0 aromatic rings. The molecule has 0 fully saturated rings. The summed E-state index contributed by atoms with van der Waals surface area (Å²) in [5.74, 6) is -0.0391. The molecule has 1 aliphatic carbocycles. The molecule has 2 nitrogen and oxygen atoms in total. The van der Waals surface area contributed by atoms with Crippen LogP contribution in [0.15, 0.2) is 47.7 Å². The fourth-order valence-corrected chi connectivity index (χ4v) is 1.52. The van der Waals surface area contributed by atoms with Crippen molar-refractivity contribution < 1.29 is 4.79 Å². The van der Waals surface area contributed by atoms with Gasteiger partial charge in [0.15, 0.2) is 0 Å². The largest absolute Gasteiger partial charge is 0.323 e. The third kappa shape index (κ3) is 4.43. The zero-order valence-electron chi connectivity index (χ0n) is 11.3. The number of hydrogen-bond acceptors (Lipinski definition) is 1. The van der Waals surface area contributed by atoms with Crippen LogP contribution in [0.1, 0.15) is 40.5 Å². The van der Waals surface area contributed by atoms with Gasteiger partial charge in [-0.15, -0.1) is 0 Å². The SMILES string of the molecule is C=C1C=C(C2=CCCC=C2)C(=O)N1.CC.CC. The van der Waals surface area contributed by atoms with Gasteiger partial charge in [-0.25, -0.2) is 0 Å². The molecule has 17 heavy (non-hydrogen) atoms. The van der Waals surface area contributed by atoms with E-state index in [9.17, 15) is 4.79 Å². The number of nitrogens with one attached hydrogen (secondary N) is 1. The van der Waals surface area contributed by atoms with E-state index in [1.165, 1.54) is 0 Å². The maximum atomic E-state index is 11.4. The van der Waals surface area contributed by atoms with E-state index in [0.717, 1.165) is 24.0 Å². The predicted octanol–water partition coefficient (Wildman–Crippen LogP) is 3.89. The summed E-state index contributed by atoms with van der Waals surface area (Å²) in [5, 5.41) is 2.66. The molecule has 2 rings (SSSR count). The first-order valence-corrected chi connectivity index (χ1v) is 6.36. The average Bonchev–Trinajstić information content (AvgIpc) is 2.74. The summed E-state index contributed by atoms with van der Waals surface area (Å²) in [6.45, 7) is 11.7. The van der Waals surface area contributed by atoms with Crippen molar-refractivity contribution >= 4 is 5.91 Å². The molecule has 1 amide bonds. The normalized spacial score (nSPS) is 16.9. The Morgan fingerprint density at radius 3 is 2.24 bits per heavy atom. The van der Waals surface area contributed by atoms with Crippen LogP contribution in [0.5, 0.6) is 0 Å². The van der Waals surface area contributed by atoms with E-state index in [1.807, 2.05) is 33.8 Å². The molecule has 0 atom stereocenters. The fraction of sp³-hybridized carbons (Fsp3) is 0.400. The molecule has 1 aliphatic heterocycles. The lowest BCUT2D eigenvalue weighted by molar-refractivity contribution is -0.116. The monoisotopic (exact) mass is 233 g/mol. The van der Waals surface area contributed by atoms with Gasteiger partial charge in [-0.1, -0.05) is 52.5 Å². The summed E-state index contributed by atoms with van der Waals surface area (Å²) in [6.07, 6.45) is 10.0. The Kier molecular flexibility index (Phi) is 7.78. The molecular weight excluding hydrogens is 210 g/mol. The molecule has 1 N–H and O–H groups in total. The van der Waals surface area contributed by atoms with Crippen molar-refractivity contribution in [2.75, 3.05) is 0 Å². The highest BCUT2D eigenvalue weighted by atomic mass is 16.1. The Balaban J connectivity index is 0.000000581. The lowest BCUT2D eigenvalue weighted by Gasteiger charge is -2.05. The van der Waals surface area contributed by atoms with Crippen LogP contribution < -0.4 is 5.32 Å². The zero-order valence-corrected chi connectivity index (χ0v) is 11.3. The van der Waals surface area contributed by atoms with Crippen LogP contribution in [0.2, 0.25) is 0 Å². The molecule has 2 aliphatic rings. The smallest absolute Gasteiger partial charge is 0.256 e. The first-order chi connectivity index (χ1) is 8.27. The molecule has 1 heterocycles. The molecule has 2 heteroatoms. The van der Waals surface area contributed by atoms with Crippen LogP contribution in [0.25, 0.3) is 0 Å². The number of rotatable bonds is 1. The van der Waals surface area contributed by atoms with Crippen LogP contribution in [0.4, 0.5) is 0 Å². The summed E-state index contributed by atoms with van der Waals surface area (Å²) < 4.78 is 0. The first kappa shape index (κ1) is 15.4. The molecular formula is C15H23NO. The highest BCUT2D eigenvalue weighted by Crippen LogP contribution is 2.22. The molecule has 0 saturated carbocycles. The van der Waals surface area contributed by atoms with E-state index < -0.39 is 0 Å². The quantitative estimate of drug-likeness (QED) is 0.731. The average molecular weight is 233 g/mol.